The van der Waals surface area contributed by atoms with Gasteiger partial charge in [0.15, 0.2) is 0 Å². The number of urea groups is 1. The topological polar surface area (TPSA) is 76.7 Å². The molecule has 1 fully saturated rings. The van der Waals surface area contributed by atoms with Crippen LogP contribution in [0.5, 0.6) is 0 Å². The number of hydrogen-bond acceptors (Lipinski definition) is 4. The second kappa shape index (κ2) is 11.0. The zero-order valence-electron chi connectivity index (χ0n) is 19.5. The molecule has 2 aromatic rings. The van der Waals surface area contributed by atoms with E-state index in [9.17, 15) is 9.59 Å². The number of carbonyl (C=O) groups is 2. The highest BCUT2D eigenvalue weighted by Crippen LogP contribution is 2.24. The molecular formula is C25H35N5O2. The largest absolute Gasteiger partial charge is 0.369 e. The molecule has 1 aliphatic heterocycles. The summed E-state index contributed by atoms with van der Waals surface area (Å²) in [6.45, 7) is 13.3. The van der Waals surface area contributed by atoms with E-state index in [4.69, 9.17) is 0 Å². The summed E-state index contributed by atoms with van der Waals surface area (Å²) in [5.41, 5.74) is 3.63. The summed E-state index contributed by atoms with van der Waals surface area (Å²) in [4.78, 5) is 30.2. The van der Waals surface area contributed by atoms with Gasteiger partial charge in [0.1, 0.15) is 6.04 Å². The van der Waals surface area contributed by atoms with E-state index < -0.39 is 12.1 Å². The predicted molar refractivity (Wildman–Crippen MR) is 131 cm³/mol. The maximum absolute atomic E-state index is 13.0. The van der Waals surface area contributed by atoms with Crippen molar-refractivity contribution >= 4 is 29.0 Å². The smallest absolute Gasteiger partial charge is 0.319 e. The molecule has 1 saturated heterocycles. The van der Waals surface area contributed by atoms with Crippen LogP contribution in [0.2, 0.25) is 0 Å². The van der Waals surface area contributed by atoms with Crippen molar-refractivity contribution < 1.29 is 9.59 Å². The SMILES string of the molecule is CCN1CCN(c2ccc(NC(=O)C(NC(=O)Nc3ccccc3)C(C)C)c(C)c2)CC1. The summed E-state index contributed by atoms with van der Waals surface area (Å²) in [5.74, 6) is -0.290. The molecule has 0 saturated carbocycles. The van der Waals surface area contributed by atoms with Gasteiger partial charge in [0.2, 0.25) is 5.91 Å². The molecule has 3 amide bonds. The lowest BCUT2D eigenvalue weighted by Gasteiger charge is -2.35. The van der Waals surface area contributed by atoms with Crippen LogP contribution in [0.1, 0.15) is 26.3 Å². The molecule has 7 heteroatoms. The number of nitrogens with zero attached hydrogens (tertiary/aromatic N) is 2. The molecule has 7 nitrogen and oxygen atoms in total. The number of para-hydroxylation sites is 1. The average Bonchev–Trinajstić information content (AvgIpc) is 2.79. The Bertz CT molecular complexity index is 908. The van der Waals surface area contributed by atoms with E-state index in [1.165, 1.54) is 5.69 Å². The van der Waals surface area contributed by atoms with Gasteiger partial charge in [-0.1, -0.05) is 39.0 Å². The van der Waals surface area contributed by atoms with Gasteiger partial charge in [-0.3, -0.25) is 4.79 Å². The van der Waals surface area contributed by atoms with Crippen LogP contribution in [0.4, 0.5) is 21.9 Å². The molecule has 172 valence electrons. The number of likely N-dealkylation sites (N-methyl/N-ethyl adjacent to an activating group) is 1. The van der Waals surface area contributed by atoms with Crippen LogP contribution < -0.4 is 20.9 Å². The summed E-state index contributed by atoms with van der Waals surface area (Å²) >= 11 is 0. The summed E-state index contributed by atoms with van der Waals surface area (Å²) < 4.78 is 0. The zero-order valence-corrected chi connectivity index (χ0v) is 19.5. The molecule has 32 heavy (non-hydrogen) atoms. The lowest BCUT2D eigenvalue weighted by Crippen LogP contribution is -2.48. The molecule has 0 spiro atoms. The Labute approximate surface area is 191 Å². The molecule has 2 aromatic carbocycles. The van der Waals surface area contributed by atoms with Crippen molar-refractivity contribution in [3.05, 3.63) is 54.1 Å². The third kappa shape index (κ3) is 6.23. The first-order valence-electron chi connectivity index (χ1n) is 11.4. The van der Waals surface area contributed by atoms with E-state index in [1.54, 1.807) is 12.1 Å². The minimum atomic E-state index is -0.653. The van der Waals surface area contributed by atoms with E-state index >= 15 is 0 Å². The quantitative estimate of drug-likeness (QED) is 0.614. The number of rotatable bonds is 7. The van der Waals surface area contributed by atoms with Crippen molar-refractivity contribution in [2.45, 2.75) is 33.7 Å². The standard InChI is InChI=1S/C25H35N5O2/c1-5-29-13-15-30(16-14-29)21-11-12-22(19(4)17-21)27-24(31)23(18(2)3)28-25(32)26-20-9-7-6-8-10-20/h6-12,17-18,23H,5,13-16H2,1-4H3,(H,27,31)(H2,26,28,32). The van der Waals surface area contributed by atoms with Crippen molar-refractivity contribution in [3.63, 3.8) is 0 Å². The third-order valence-corrected chi connectivity index (χ3v) is 5.92. The molecule has 0 aromatic heterocycles. The average molecular weight is 438 g/mol. The summed E-state index contributed by atoms with van der Waals surface area (Å²) in [7, 11) is 0. The first kappa shape index (κ1) is 23.6. The highest BCUT2D eigenvalue weighted by molar-refractivity contribution is 5.99. The Morgan fingerprint density at radius 2 is 1.66 bits per heavy atom. The number of nitrogens with one attached hydrogen (secondary N) is 3. The fourth-order valence-corrected chi connectivity index (χ4v) is 3.88. The fourth-order valence-electron chi connectivity index (χ4n) is 3.88. The Morgan fingerprint density at radius 1 is 0.969 bits per heavy atom. The molecular weight excluding hydrogens is 402 g/mol. The second-order valence-corrected chi connectivity index (χ2v) is 8.60. The van der Waals surface area contributed by atoms with Gasteiger partial charge in [0.25, 0.3) is 0 Å². The Kier molecular flexibility index (Phi) is 8.11. The maximum atomic E-state index is 13.0. The normalized spacial score (nSPS) is 15.3. The first-order valence-corrected chi connectivity index (χ1v) is 11.4. The molecule has 0 bridgehead atoms. The fraction of sp³-hybridized carbons (Fsp3) is 0.440. The molecule has 0 aliphatic carbocycles. The number of piperazine rings is 1. The van der Waals surface area contributed by atoms with E-state index in [2.05, 4.69) is 44.8 Å². The van der Waals surface area contributed by atoms with Gasteiger partial charge in [0.05, 0.1) is 0 Å². The van der Waals surface area contributed by atoms with E-state index in [-0.39, 0.29) is 11.8 Å². The molecule has 3 rings (SSSR count). The minimum Gasteiger partial charge on any atom is -0.369 e. The number of amides is 3. The van der Waals surface area contributed by atoms with Crippen molar-refractivity contribution in [2.75, 3.05) is 48.3 Å². The minimum absolute atomic E-state index is 0.0639. The molecule has 1 atom stereocenters. The monoisotopic (exact) mass is 437 g/mol. The van der Waals surface area contributed by atoms with Crippen LogP contribution in [-0.4, -0.2) is 55.6 Å². The van der Waals surface area contributed by atoms with Gasteiger partial charge >= 0.3 is 6.03 Å². The zero-order chi connectivity index (χ0) is 23.1. The molecule has 1 aliphatic rings. The van der Waals surface area contributed by atoms with Crippen LogP contribution >= 0.6 is 0 Å². The van der Waals surface area contributed by atoms with Crippen LogP contribution in [-0.2, 0) is 4.79 Å². The van der Waals surface area contributed by atoms with Crippen molar-refractivity contribution in [1.29, 1.82) is 0 Å². The highest BCUT2D eigenvalue weighted by Gasteiger charge is 2.25. The number of carbonyl (C=O) groups excluding carboxylic acids is 2. The Morgan fingerprint density at radius 3 is 2.25 bits per heavy atom. The first-order chi connectivity index (χ1) is 15.4. The van der Waals surface area contributed by atoms with Crippen LogP contribution in [0.3, 0.4) is 0 Å². The summed E-state index contributed by atoms with van der Waals surface area (Å²) in [5, 5.41) is 8.57. The van der Waals surface area contributed by atoms with Crippen molar-refractivity contribution in [3.8, 4) is 0 Å². The van der Waals surface area contributed by atoms with Gasteiger partial charge in [-0.05, 0) is 55.3 Å². The van der Waals surface area contributed by atoms with Crippen molar-refractivity contribution in [2.24, 2.45) is 5.92 Å². The van der Waals surface area contributed by atoms with Crippen molar-refractivity contribution in [1.82, 2.24) is 10.2 Å². The van der Waals surface area contributed by atoms with Gasteiger partial charge in [-0.15, -0.1) is 0 Å². The van der Waals surface area contributed by atoms with E-state index in [0.29, 0.717) is 5.69 Å². The summed E-state index contributed by atoms with van der Waals surface area (Å²) in [6.07, 6.45) is 0. The highest BCUT2D eigenvalue weighted by atomic mass is 16.2. The Hall–Kier alpha value is -3.06. The number of benzene rings is 2. The van der Waals surface area contributed by atoms with Crippen LogP contribution in [0.25, 0.3) is 0 Å². The van der Waals surface area contributed by atoms with Gasteiger partial charge in [-0.25, -0.2) is 4.79 Å². The lowest BCUT2D eigenvalue weighted by atomic mass is 10.0. The predicted octanol–water partition coefficient (Wildman–Crippen LogP) is 3.92. The van der Waals surface area contributed by atoms with Gasteiger partial charge < -0.3 is 25.8 Å². The van der Waals surface area contributed by atoms with Crippen LogP contribution in [0.15, 0.2) is 48.5 Å². The molecule has 1 unspecified atom stereocenters. The maximum Gasteiger partial charge on any atom is 0.319 e. The second-order valence-electron chi connectivity index (χ2n) is 8.60. The van der Waals surface area contributed by atoms with Crippen LogP contribution in [0, 0.1) is 12.8 Å². The number of hydrogen-bond donors (Lipinski definition) is 3. The van der Waals surface area contributed by atoms with E-state index in [0.717, 1.165) is 44.0 Å². The summed E-state index contributed by atoms with van der Waals surface area (Å²) in [6, 6.07) is 14.3. The third-order valence-electron chi connectivity index (χ3n) is 5.92. The number of anilines is 3. The number of aryl methyl sites for hydroxylation is 1. The lowest BCUT2D eigenvalue weighted by molar-refractivity contribution is -0.118. The molecule has 3 N–H and O–H groups in total. The molecule has 0 radical (unpaired) electrons. The van der Waals surface area contributed by atoms with Gasteiger partial charge in [0, 0.05) is 43.2 Å². The van der Waals surface area contributed by atoms with Gasteiger partial charge in [-0.2, -0.15) is 0 Å². The van der Waals surface area contributed by atoms with E-state index in [1.807, 2.05) is 45.0 Å². The molecule has 1 heterocycles. The Balaban J connectivity index is 1.61.